The van der Waals surface area contributed by atoms with Gasteiger partial charge in [0.2, 0.25) is 0 Å². The van der Waals surface area contributed by atoms with E-state index in [0.717, 1.165) is 56.3 Å². The lowest BCUT2D eigenvalue weighted by molar-refractivity contribution is 0.0513. The summed E-state index contributed by atoms with van der Waals surface area (Å²) in [7, 11) is 0. The molecule has 2 rings (SSSR count). The minimum atomic E-state index is 0.106. The highest BCUT2D eigenvalue weighted by molar-refractivity contribution is 6.31. The summed E-state index contributed by atoms with van der Waals surface area (Å²) < 4.78 is 5.31. The molecule has 0 aromatic heterocycles. The summed E-state index contributed by atoms with van der Waals surface area (Å²) in [4.78, 5) is 2.28. The van der Waals surface area contributed by atoms with Crippen molar-refractivity contribution in [3.05, 3.63) is 10.7 Å². The smallest absolute Gasteiger partial charge is 0.0745 e. The molecule has 1 aliphatic carbocycles. The van der Waals surface area contributed by atoms with E-state index in [1.807, 2.05) is 0 Å². The van der Waals surface area contributed by atoms with Gasteiger partial charge in [-0.3, -0.25) is 0 Å². The van der Waals surface area contributed by atoms with Crippen LogP contribution in [0.25, 0.3) is 0 Å². The molecule has 1 saturated heterocycles. The Morgan fingerprint density at radius 1 is 1.29 bits per heavy atom. The third-order valence-corrected chi connectivity index (χ3v) is 3.59. The van der Waals surface area contributed by atoms with Crippen LogP contribution in [-0.2, 0) is 4.74 Å². The molecule has 14 heavy (non-hydrogen) atoms. The average molecular weight is 236 g/mol. The quantitative estimate of drug-likeness (QED) is 0.649. The highest BCUT2D eigenvalue weighted by atomic mass is 35.5. The Kier molecular flexibility index (Phi) is 3.58. The van der Waals surface area contributed by atoms with Crippen molar-refractivity contribution >= 4 is 23.2 Å². The molecule has 80 valence electrons. The molecule has 2 aliphatic rings. The maximum atomic E-state index is 6.29. The van der Waals surface area contributed by atoms with Crippen LogP contribution in [0.15, 0.2) is 10.7 Å². The lowest BCUT2D eigenvalue weighted by Crippen LogP contribution is -2.39. The monoisotopic (exact) mass is 235 g/mol. The van der Waals surface area contributed by atoms with Crippen molar-refractivity contribution in [3.63, 3.8) is 0 Å². The molecule has 0 bridgehead atoms. The van der Waals surface area contributed by atoms with Gasteiger partial charge in [-0.25, -0.2) is 0 Å². The SMILES string of the molecule is ClC1=C(N2CCOCC2)C(Cl)CCC1. The fourth-order valence-electron chi connectivity index (χ4n) is 2.05. The topological polar surface area (TPSA) is 12.5 Å². The van der Waals surface area contributed by atoms with Crippen molar-refractivity contribution < 1.29 is 4.74 Å². The zero-order valence-corrected chi connectivity index (χ0v) is 9.65. The lowest BCUT2D eigenvalue weighted by atomic mass is 10.0. The number of hydrogen-bond acceptors (Lipinski definition) is 2. The Bertz CT molecular complexity index is 236. The number of nitrogens with zero attached hydrogens (tertiary/aromatic N) is 1. The molecular formula is C10H15Cl2NO. The Labute approximate surface area is 94.8 Å². The van der Waals surface area contributed by atoms with Crippen molar-refractivity contribution in [2.24, 2.45) is 0 Å². The van der Waals surface area contributed by atoms with Crippen molar-refractivity contribution in [1.29, 1.82) is 0 Å². The predicted molar refractivity (Wildman–Crippen MR) is 58.8 cm³/mol. The first kappa shape index (κ1) is 10.6. The van der Waals surface area contributed by atoms with Gasteiger partial charge in [0.1, 0.15) is 0 Å². The molecule has 4 heteroatoms. The lowest BCUT2D eigenvalue weighted by Gasteiger charge is -2.35. The van der Waals surface area contributed by atoms with E-state index >= 15 is 0 Å². The molecule has 1 aliphatic heterocycles. The van der Waals surface area contributed by atoms with Gasteiger partial charge in [-0.1, -0.05) is 11.6 Å². The van der Waals surface area contributed by atoms with Crippen molar-refractivity contribution in [2.45, 2.75) is 24.6 Å². The molecular weight excluding hydrogens is 221 g/mol. The average Bonchev–Trinajstić information content (AvgIpc) is 2.19. The summed E-state index contributed by atoms with van der Waals surface area (Å²) in [5.74, 6) is 0. The number of ether oxygens (including phenoxy) is 1. The first-order chi connectivity index (χ1) is 6.79. The second-order valence-corrected chi connectivity index (χ2v) is 4.73. The molecule has 0 amide bonds. The minimum Gasteiger partial charge on any atom is -0.378 e. The highest BCUT2D eigenvalue weighted by Gasteiger charge is 2.26. The molecule has 1 unspecified atom stereocenters. The fraction of sp³-hybridized carbons (Fsp3) is 0.800. The van der Waals surface area contributed by atoms with Crippen LogP contribution < -0.4 is 0 Å². The van der Waals surface area contributed by atoms with Crippen LogP contribution in [0.3, 0.4) is 0 Å². The van der Waals surface area contributed by atoms with Crippen LogP contribution in [0.1, 0.15) is 19.3 Å². The van der Waals surface area contributed by atoms with Gasteiger partial charge in [0.25, 0.3) is 0 Å². The number of rotatable bonds is 1. The van der Waals surface area contributed by atoms with Gasteiger partial charge in [0, 0.05) is 23.8 Å². The third-order valence-electron chi connectivity index (χ3n) is 2.78. The van der Waals surface area contributed by atoms with Crippen LogP contribution in [0.2, 0.25) is 0 Å². The minimum absolute atomic E-state index is 0.106. The van der Waals surface area contributed by atoms with E-state index < -0.39 is 0 Å². The van der Waals surface area contributed by atoms with E-state index in [2.05, 4.69) is 4.90 Å². The highest BCUT2D eigenvalue weighted by Crippen LogP contribution is 2.33. The first-order valence-electron chi connectivity index (χ1n) is 5.14. The van der Waals surface area contributed by atoms with E-state index in [0.29, 0.717) is 0 Å². The molecule has 0 spiro atoms. The van der Waals surface area contributed by atoms with Gasteiger partial charge in [-0.05, 0) is 19.3 Å². The van der Waals surface area contributed by atoms with Crippen LogP contribution >= 0.6 is 23.2 Å². The van der Waals surface area contributed by atoms with Gasteiger partial charge in [0.05, 0.1) is 18.6 Å². The van der Waals surface area contributed by atoms with Gasteiger partial charge >= 0.3 is 0 Å². The molecule has 1 fully saturated rings. The largest absolute Gasteiger partial charge is 0.378 e. The summed E-state index contributed by atoms with van der Waals surface area (Å²) in [6.07, 6.45) is 3.14. The van der Waals surface area contributed by atoms with Crippen molar-refractivity contribution in [3.8, 4) is 0 Å². The van der Waals surface area contributed by atoms with Gasteiger partial charge in [0.15, 0.2) is 0 Å². The molecule has 1 heterocycles. The Balaban J connectivity index is 2.12. The molecule has 0 saturated carbocycles. The maximum absolute atomic E-state index is 6.29. The number of allylic oxidation sites excluding steroid dienone is 2. The second-order valence-electron chi connectivity index (χ2n) is 3.75. The molecule has 0 radical (unpaired) electrons. The maximum Gasteiger partial charge on any atom is 0.0745 e. The van der Waals surface area contributed by atoms with E-state index in [9.17, 15) is 0 Å². The van der Waals surface area contributed by atoms with E-state index in [-0.39, 0.29) is 5.38 Å². The number of morpholine rings is 1. The summed E-state index contributed by atoms with van der Waals surface area (Å²) in [5.41, 5.74) is 1.16. The number of hydrogen-bond donors (Lipinski definition) is 0. The summed E-state index contributed by atoms with van der Waals surface area (Å²) >= 11 is 12.5. The molecule has 2 nitrogen and oxygen atoms in total. The Hall–Kier alpha value is 0.0800. The summed E-state index contributed by atoms with van der Waals surface area (Å²) in [5, 5.41) is 1.06. The summed E-state index contributed by atoms with van der Waals surface area (Å²) in [6, 6.07) is 0. The van der Waals surface area contributed by atoms with E-state index in [1.54, 1.807) is 0 Å². The zero-order valence-electron chi connectivity index (χ0n) is 8.14. The van der Waals surface area contributed by atoms with Crippen LogP contribution in [0.5, 0.6) is 0 Å². The molecule has 0 N–H and O–H groups in total. The zero-order chi connectivity index (χ0) is 9.97. The number of alkyl halides is 1. The fourth-order valence-corrected chi connectivity index (χ4v) is 2.91. The van der Waals surface area contributed by atoms with Gasteiger partial charge < -0.3 is 9.64 Å². The van der Waals surface area contributed by atoms with Crippen LogP contribution in [0.4, 0.5) is 0 Å². The van der Waals surface area contributed by atoms with Gasteiger partial charge in [-0.2, -0.15) is 0 Å². The molecule has 0 aromatic rings. The Morgan fingerprint density at radius 3 is 2.64 bits per heavy atom. The van der Waals surface area contributed by atoms with Crippen LogP contribution in [-0.4, -0.2) is 36.6 Å². The van der Waals surface area contributed by atoms with Crippen LogP contribution in [0, 0.1) is 0 Å². The van der Waals surface area contributed by atoms with Crippen molar-refractivity contribution in [2.75, 3.05) is 26.3 Å². The Morgan fingerprint density at radius 2 is 2.00 bits per heavy atom. The normalized spacial score (nSPS) is 29.6. The standard InChI is InChI=1S/C10H15Cl2NO/c11-8-2-1-3-9(12)10(8)13-4-6-14-7-5-13/h8H,1-7H2. The van der Waals surface area contributed by atoms with E-state index in [4.69, 9.17) is 27.9 Å². The molecule has 0 aromatic carbocycles. The van der Waals surface area contributed by atoms with Gasteiger partial charge in [-0.15, -0.1) is 11.6 Å². The third kappa shape index (κ3) is 2.18. The summed E-state index contributed by atoms with van der Waals surface area (Å²) in [6.45, 7) is 3.43. The predicted octanol–water partition coefficient (Wildman–Crippen LogP) is 2.56. The molecule has 1 atom stereocenters. The second kappa shape index (κ2) is 4.73. The van der Waals surface area contributed by atoms with Crippen molar-refractivity contribution in [1.82, 2.24) is 4.90 Å². The van der Waals surface area contributed by atoms with E-state index in [1.165, 1.54) is 0 Å². The first-order valence-corrected chi connectivity index (χ1v) is 5.96. The number of halogens is 2.